The van der Waals surface area contributed by atoms with Crippen molar-refractivity contribution in [1.82, 2.24) is 15.0 Å². The molecule has 1 saturated carbocycles. The van der Waals surface area contributed by atoms with E-state index in [1.54, 1.807) is 0 Å². The molecule has 7 nitrogen and oxygen atoms in total. The summed E-state index contributed by atoms with van der Waals surface area (Å²) in [5.74, 6) is 1.70. The van der Waals surface area contributed by atoms with Gasteiger partial charge in [-0.15, -0.1) is 0 Å². The summed E-state index contributed by atoms with van der Waals surface area (Å²) in [5, 5.41) is 19.4. The number of nitrogens with one attached hydrogen (secondary N) is 3. The van der Waals surface area contributed by atoms with Gasteiger partial charge in [0, 0.05) is 12.1 Å². The van der Waals surface area contributed by atoms with Crippen molar-refractivity contribution in [2.75, 3.05) is 22.6 Å². The highest BCUT2D eigenvalue weighted by atomic mass is 16.3. The molecule has 0 spiro atoms. The maximum atomic E-state index is 9.41. The van der Waals surface area contributed by atoms with Gasteiger partial charge in [0.05, 0.1) is 12.6 Å². The monoisotopic (exact) mass is 336 g/mol. The van der Waals surface area contributed by atoms with Crippen LogP contribution in [0, 0.1) is 0 Å². The first-order chi connectivity index (χ1) is 11.6. The molecule has 1 heterocycles. The minimum Gasteiger partial charge on any atom is -0.394 e. The van der Waals surface area contributed by atoms with E-state index in [1.807, 2.05) is 6.92 Å². The molecule has 1 unspecified atom stereocenters. The molecule has 0 radical (unpaired) electrons. The lowest BCUT2D eigenvalue weighted by Gasteiger charge is -2.23. The van der Waals surface area contributed by atoms with E-state index in [1.165, 1.54) is 19.3 Å². The average molecular weight is 336 g/mol. The van der Waals surface area contributed by atoms with E-state index in [2.05, 4.69) is 44.7 Å². The molecular formula is C17H32N6O. The van der Waals surface area contributed by atoms with E-state index >= 15 is 0 Å². The lowest BCUT2D eigenvalue weighted by Crippen LogP contribution is -2.27. The highest BCUT2D eigenvalue weighted by Gasteiger charge is 2.17. The van der Waals surface area contributed by atoms with Crippen LogP contribution in [0.15, 0.2) is 0 Å². The van der Waals surface area contributed by atoms with Crippen LogP contribution in [0.1, 0.15) is 65.7 Å². The van der Waals surface area contributed by atoms with Gasteiger partial charge in [-0.25, -0.2) is 0 Å². The van der Waals surface area contributed by atoms with Gasteiger partial charge in [-0.2, -0.15) is 15.0 Å². The standard InChI is InChI=1S/C17H32N6O/c1-4-12(3)18-15-21-16(19-13(5-2)11-24)23-17(22-15)20-14-9-7-6-8-10-14/h12-14,24H,4-11H2,1-3H3,(H3,18,19,20,21,22,23)/t12?,13-/m1/s1. The molecule has 0 aliphatic heterocycles. The topological polar surface area (TPSA) is 95.0 Å². The average Bonchev–Trinajstić information content (AvgIpc) is 2.60. The zero-order valence-electron chi connectivity index (χ0n) is 15.2. The van der Waals surface area contributed by atoms with E-state index in [0.29, 0.717) is 29.9 Å². The van der Waals surface area contributed by atoms with Gasteiger partial charge in [0.15, 0.2) is 0 Å². The molecule has 1 aromatic rings. The maximum Gasteiger partial charge on any atom is 0.229 e. The van der Waals surface area contributed by atoms with Gasteiger partial charge in [0.25, 0.3) is 0 Å². The molecule has 1 aliphatic carbocycles. The fourth-order valence-corrected chi connectivity index (χ4v) is 2.78. The van der Waals surface area contributed by atoms with Crippen molar-refractivity contribution in [2.45, 2.75) is 83.8 Å². The van der Waals surface area contributed by atoms with Crippen molar-refractivity contribution in [2.24, 2.45) is 0 Å². The number of nitrogens with zero attached hydrogens (tertiary/aromatic N) is 3. The number of aliphatic hydroxyl groups excluding tert-OH is 1. The summed E-state index contributed by atoms with van der Waals surface area (Å²) in [7, 11) is 0. The largest absolute Gasteiger partial charge is 0.394 e. The third-order valence-electron chi connectivity index (χ3n) is 4.61. The normalized spacial score (nSPS) is 18.0. The Hall–Kier alpha value is -1.63. The summed E-state index contributed by atoms with van der Waals surface area (Å²) in [6.45, 7) is 6.31. The third-order valence-corrected chi connectivity index (χ3v) is 4.61. The van der Waals surface area contributed by atoms with Crippen LogP contribution in [0.4, 0.5) is 17.8 Å². The van der Waals surface area contributed by atoms with Crippen LogP contribution < -0.4 is 16.0 Å². The van der Waals surface area contributed by atoms with Gasteiger partial charge in [0.2, 0.25) is 17.8 Å². The molecule has 0 bridgehead atoms. The first-order valence-corrected chi connectivity index (χ1v) is 9.31. The van der Waals surface area contributed by atoms with Crippen LogP contribution in [0.2, 0.25) is 0 Å². The Bertz CT molecular complexity index is 488. The third kappa shape index (κ3) is 5.78. The van der Waals surface area contributed by atoms with Gasteiger partial charge in [-0.1, -0.05) is 33.1 Å². The molecule has 1 fully saturated rings. The SMILES string of the molecule is CCC(C)Nc1nc(NC2CCCCC2)nc(N[C@H](CC)CO)n1. The highest BCUT2D eigenvalue weighted by molar-refractivity contribution is 5.43. The molecule has 136 valence electrons. The maximum absolute atomic E-state index is 9.41. The summed E-state index contributed by atoms with van der Waals surface area (Å²) in [6.07, 6.45) is 7.96. The molecule has 1 aliphatic rings. The number of hydrogen-bond donors (Lipinski definition) is 4. The molecule has 0 aromatic carbocycles. The predicted molar refractivity (Wildman–Crippen MR) is 98.5 cm³/mol. The minimum atomic E-state index is -0.0496. The van der Waals surface area contributed by atoms with Gasteiger partial charge in [0.1, 0.15) is 0 Å². The quantitative estimate of drug-likeness (QED) is 0.550. The predicted octanol–water partition coefficient (Wildman–Crippen LogP) is 3.01. The Morgan fingerprint density at radius 3 is 2.17 bits per heavy atom. The first kappa shape index (κ1) is 18.7. The molecule has 2 rings (SSSR count). The molecule has 24 heavy (non-hydrogen) atoms. The van der Waals surface area contributed by atoms with Crippen LogP contribution >= 0.6 is 0 Å². The lowest BCUT2D eigenvalue weighted by molar-refractivity contribution is 0.271. The van der Waals surface area contributed by atoms with E-state index in [-0.39, 0.29) is 12.6 Å². The van der Waals surface area contributed by atoms with Crippen molar-refractivity contribution in [3.8, 4) is 0 Å². The second-order valence-electron chi connectivity index (χ2n) is 6.67. The zero-order chi connectivity index (χ0) is 17.4. The second-order valence-corrected chi connectivity index (χ2v) is 6.67. The summed E-state index contributed by atoms with van der Waals surface area (Å²) in [6, 6.07) is 0.680. The van der Waals surface area contributed by atoms with Crippen LogP contribution in [-0.2, 0) is 0 Å². The van der Waals surface area contributed by atoms with Gasteiger partial charge in [-0.3, -0.25) is 0 Å². The molecule has 2 atom stereocenters. The molecule has 7 heteroatoms. The summed E-state index contributed by atoms with van der Waals surface area (Å²) < 4.78 is 0. The van der Waals surface area contributed by atoms with E-state index in [9.17, 15) is 5.11 Å². The molecule has 4 N–H and O–H groups in total. The Kier molecular flexibility index (Phi) is 7.49. The number of hydrogen-bond acceptors (Lipinski definition) is 7. The molecular weight excluding hydrogens is 304 g/mol. The summed E-state index contributed by atoms with van der Waals surface area (Å²) in [4.78, 5) is 13.5. The van der Waals surface area contributed by atoms with Crippen molar-refractivity contribution >= 4 is 17.8 Å². The van der Waals surface area contributed by atoms with Crippen LogP contribution in [0.25, 0.3) is 0 Å². The first-order valence-electron chi connectivity index (χ1n) is 9.31. The smallest absolute Gasteiger partial charge is 0.229 e. The molecule has 1 aromatic heterocycles. The number of rotatable bonds is 9. The van der Waals surface area contributed by atoms with Crippen molar-refractivity contribution in [3.05, 3.63) is 0 Å². The number of anilines is 3. The van der Waals surface area contributed by atoms with Crippen LogP contribution in [0.3, 0.4) is 0 Å². The zero-order valence-corrected chi connectivity index (χ0v) is 15.2. The van der Waals surface area contributed by atoms with Crippen molar-refractivity contribution < 1.29 is 5.11 Å². The second kappa shape index (κ2) is 9.61. The van der Waals surface area contributed by atoms with Gasteiger partial charge < -0.3 is 21.1 Å². The van der Waals surface area contributed by atoms with E-state index < -0.39 is 0 Å². The van der Waals surface area contributed by atoms with Crippen molar-refractivity contribution in [1.29, 1.82) is 0 Å². The van der Waals surface area contributed by atoms with Crippen LogP contribution in [-0.4, -0.2) is 44.8 Å². The van der Waals surface area contributed by atoms with E-state index in [0.717, 1.165) is 25.7 Å². The van der Waals surface area contributed by atoms with E-state index in [4.69, 9.17) is 0 Å². The minimum absolute atomic E-state index is 0.0496. The fourth-order valence-electron chi connectivity index (χ4n) is 2.78. The Labute approximate surface area is 145 Å². The lowest BCUT2D eigenvalue weighted by atomic mass is 9.96. The highest BCUT2D eigenvalue weighted by Crippen LogP contribution is 2.21. The Morgan fingerprint density at radius 1 is 0.958 bits per heavy atom. The molecule has 0 saturated heterocycles. The van der Waals surface area contributed by atoms with Crippen LogP contribution in [0.5, 0.6) is 0 Å². The molecule has 0 amide bonds. The fraction of sp³-hybridized carbons (Fsp3) is 0.824. The number of aliphatic hydroxyl groups is 1. The van der Waals surface area contributed by atoms with Gasteiger partial charge >= 0.3 is 0 Å². The summed E-state index contributed by atoms with van der Waals surface area (Å²) in [5.41, 5.74) is 0. The summed E-state index contributed by atoms with van der Waals surface area (Å²) >= 11 is 0. The van der Waals surface area contributed by atoms with Crippen molar-refractivity contribution in [3.63, 3.8) is 0 Å². The van der Waals surface area contributed by atoms with Gasteiger partial charge in [-0.05, 0) is 32.6 Å². The Morgan fingerprint density at radius 2 is 1.58 bits per heavy atom. The Balaban J connectivity index is 2.15. The number of aromatic nitrogens is 3.